The predicted molar refractivity (Wildman–Crippen MR) is 70.1 cm³/mol. The van der Waals surface area contributed by atoms with Crippen LogP contribution in [0.5, 0.6) is 0 Å². The highest BCUT2D eigenvalue weighted by Gasteiger charge is 2.57. The van der Waals surface area contributed by atoms with Gasteiger partial charge in [0.25, 0.3) is 0 Å². The third kappa shape index (κ3) is 2.15. The van der Waals surface area contributed by atoms with Gasteiger partial charge in [-0.15, -0.1) is 0 Å². The normalized spacial score (nSPS) is 36.7. The van der Waals surface area contributed by atoms with Crippen LogP contribution in [0.3, 0.4) is 0 Å². The quantitative estimate of drug-likeness (QED) is 0.756. The maximum Gasteiger partial charge on any atom is 0.0848 e. The van der Waals surface area contributed by atoms with Crippen LogP contribution in [-0.4, -0.2) is 24.8 Å². The first kappa shape index (κ1) is 12.0. The molecule has 98 valence electrons. The molecule has 2 nitrogen and oxygen atoms in total. The molecule has 0 radical (unpaired) electrons. The molecule has 0 amide bonds. The van der Waals surface area contributed by atoms with Crippen LogP contribution in [0.15, 0.2) is 0 Å². The molecule has 3 fully saturated rings. The molecule has 1 saturated heterocycles. The van der Waals surface area contributed by atoms with Gasteiger partial charge in [0.1, 0.15) is 0 Å². The lowest BCUT2D eigenvalue weighted by Crippen LogP contribution is -2.68. The Kier molecular flexibility index (Phi) is 2.99. The van der Waals surface area contributed by atoms with E-state index in [-0.39, 0.29) is 5.60 Å². The lowest BCUT2D eigenvalue weighted by atomic mass is 9.55. The van der Waals surface area contributed by atoms with Gasteiger partial charge in [0, 0.05) is 12.6 Å². The molecule has 0 aromatic rings. The smallest absolute Gasteiger partial charge is 0.0848 e. The van der Waals surface area contributed by atoms with E-state index in [2.05, 4.69) is 19.2 Å². The van der Waals surface area contributed by atoms with Gasteiger partial charge in [0.2, 0.25) is 0 Å². The highest BCUT2D eigenvalue weighted by molar-refractivity contribution is 5.11. The van der Waals surface area contributed by atoms with Gasteiger partial charge < -0.3 is 10.1 Å². The van der Waals surface area contributed by atoms with Gasteiger partial charge in [-0.3, -0.25) is 0 Å². The molecule has 17 heavy (non-hydrogen) atoms. The lowest BCUT2D eigenvalue weighted by Gasteiger charge is -2.60. The minimum Gasteiger partial charge on any atom is -0.372 e. The summed E-state index contributed by atoms with van der Waals surface area (Å²) >= 11 is 0. The average molecular weight is 237 g/mol. The van der Waals surface area contributed by atoms with E-state index in [0.717, 1.165) is 19.1 Å². The van der Waals surface area contributed by atoms with Gasteiger partial charge in [-0.2, -0.15) is 0 Å². The Bertz CT molecular complexity index is 273. The van der Waals surface area contributed by atoms with Crippen molar-refractivity contribution >= 4 is 0 Å². The second-order valence-corrected chi connectivity index (χ2v) is 7.26. The largest absolute Gasteiger partial charge is 0.372 e. The van der Waals surface area contributed by atoms with Gasteiger partial charge >= 0.3 is 0 Å². The van der Waals surface area contributed by atoms with Crippen molar-refractivity contribution in [2.24, 2.45) is 11.3 Å². The Balaban J connectivity index is 1.72. The molecule has 2 heteroatoms. The fraction of sp³-hybridized carbons (Fsp3) is 1.00. The van der Waals surface area contributed by atoms with E-state index in [1.54, 1.807) is 0 Å². The van der Waals surface area contributed by atoms with Crippen LogP contribution in [0.4, 0.5) is 0 Å². The van der Waals surface area contributed by atoms with E-state index in [9.17, 15) is 0 Å². The van der Waals surface area contributed by atoms with Crippen molar-refractivity contribution < 1.29 is 4.74 Å². The molecule has 1 atom stereocenters. The number of hydrogen-bond donors (Lipinski definition) is 1. The third-order valence-electron chi connectivity index (χ3n) is 5.10. The fourth-order valence-electron chi connectivity index (χ4n) is 4.70. The van der Waals surface area contributed by atoms with Gasteiger partial charge in [0.15, 0.2) is 0 Å². The number of rotatable bonds is 1. The van der Waals surface area contributed by atoms with E-state index in [1.807, 2.05) is 0 Å². The molecule has 0 bridgehead atoms. The van der Waals surface area contributed by atoms with Crippen LogP contribution in [0.2, 0.25) is 0 Å². The molecule has 1 N–H and O–H groups in total. The van der Waals surface area contributed by atoms with Crippen LogP contribution in [0.1, 0.15) is 58.8 Å². The van der Waals surface area contributed by atoms with Crippen molar-refractivity contribution in [3.05, 3.63) is 0 Å². The maximum absolute atomic E-state index is 6.24. The molecule has 2 aliphatic carbocycles. The van der Waals surface area contributed by atoms with Gasteiger partial charge in [-0.25, -0.2) is 0 Å². The van der Waals surface area contributed by atoms with Crippen molar-refractivity contribution in [3.63, 3.8) is 0 Å². The average Bonchev–Trinajstić information content (AvgIpc) is 2.28. The summed E-state index contributed by atoms with van der Waals surface area (Å²) in [5.74, 6) is 0.875. The zero-order valence-electron chi connectivity index (χ0n) is 11.4. The topological polar surface area (TPSA) is 21.3 Å². The first-order chi connectivity index (χ1) is 8.11. The van der Waals surface area contributed by atoms with Crippen LogP contribution in [-0.2, 0) is 4.74 Å². The number of nitrogens with one attached hydrogen (secondary N) is 1. The van der Waals surface area contributed by atoms with Gasteiger partial charge in [0.05, 0.1) is 12.2 Å². The van der Waals surface area contributed by atoms with Gasteiger partial charge in [-0.1, -0.05) is 33.1 Å². The monoisotopic (exact) mass is 237 g/mol. The minimum atomic E-state index is 0.198. The molecule has 0 aromatic heterocycles. The molecule has 2 saturated carbocycles. The molecule has 0 aromatic carbocycles. The van der Waals surface area contributed by atoms with Crippen LogP contribution in [0, 0.1) is 11.3 Å². The SMILES string of the molecule is CC1(C)CC2(C1)OCCNC2C1CCCCC1. The fourth-order valence-corrected chi connectivity index (χ4v) is 4.70. The standard InChI is InChI=1S/C15H27NO/c1-14(2)10-15(11-14)13(16-8-9-17-15)12-6-4-3-5-7-12/h12-13,16H,3-11H2,1-2H3. The first-order valence-electron chi connectivity index (χ1n) is 7.49. The molecule has 1 unspecified atom stereocenters. The number of ether oxygens (including phenoxy) is 1. The molecule has 3 aliphatic rings. The van der Waals surface area contributed by atoms with E-state index in [4.69, 9.17) is 4.74 Å². The van der Waals surface area contributed by atoms with Crippen LogP contribution >= 0.6 is 0 Å². The molecule has 3 rings (SSSR count). The van der Waals surface area contributed by atoms with Crippen molar-refractivity contribution in [1.82, 2.24) is 5.32 Å². The Hall–Kier alpha value is -0.0800. The summed E-state index contributed by atoms with van der Waals surface area (Å²) in [6.07, 6.45) is 9.67. The molecular weight excluding hydrogens is 210 g/mol. The van der Waals surface area contributed by atoms with E-state index < -0.39 is 0 Å². The molecule has 1 aliphatic heterocycles. The number of hydrogen-bond acceptors (Lipinski definition) is 2. The second kappa shape index (κ2) is 4.24. The summed E-state index contributed by atoms with van der Waals surface area (Å²) in [5, 5.41) is 3.79. The molecular formula is C15H27NO. The van der Waals surface area contributed by atoms with E-state index in [0.29, 0.717) is 11.5 Å². The van der Waals surface area contributed by atoms with Crippen molar-refractivity contribution in [1.29, 1.82) is 0 Å². The summed E-state index contributed by atoms with van der Waals surface area (Å²) in [6.45, 7) is 6.74. The van der Waals surface area contributed by atoms with Crippen LogP contribution in [0.25, 0.3) is 0 Å². The van der Waals surface area contributed by atoms with E-state index in [1.165, 1.54) is 44.9 Å². The second-order valence-electron chi connectivity index (χ2n) is 7.26. The Morgan fingerprint density at radius 2 is 1.76 bits per heavy atom. The Labute approximate surface area is 105 Å². The van der Waals surface area contributed by atoms with Crippen molar-refractivity contribution in [2.75, 3.05) is 13.2 Å². The molecule has 1 heterocycles. The zero-order valence-corrected chi connectivity index (χ0v) is 11.4. The lowest BCUT2D eigenvalue weighted by molar-refractivity contribution is -0.204. The number of morpholine rings is 1. The minimum absolute atomic E-state index is 0.198. The van der Waals surface area contributed by atoms with Crippen molar-refractivity contribution in [2.45, 2.75) is 70.4 Å². The third-order valence-corrected chi connectivity index (χ3v) is 5.10. The molecule has 1 spiro atoms. The Morgan fingerprint density at radius 1 is 1.06 bits per heavy atom. The summed E-state index contributed by atoms with van der Waals surface area (Å²) in [4.78, 5) is 0. The van der Waals surface area contributed by atoms with Crippen molar-refractivity contribution in [3.8, 4) is 0 Å². The highest BCUT2D eigenvalue weighted by Crippen LogP contribution is 2.54. The highest BCUT2D eigenvalue weighted by atomic mass is 16.5. The summed E-state index contributed by atoms with van der Waals surface area (Å²) < 4.78 is 6.24. The van der Waals surface area contributed by atoms with E-state index >= 15 is 0 Å². The summed E-state index contributed by atoms with van der Waals surface area (Å²) in [5.41, 5.74) is 0.704. The summed E-state index contributed by atoms with van der Waals surface area (Å²) in [6, 6.07) is 0.643. The summed E-state index contributed by atoms with van der Waals surface area (Å²) in [7, 11) is 0. The maximum atomic E-state index is 6.24. The first-order valence-corrected chi connectivity index (χ1v) is 7.49. The predicted octanol–water partition coefficient (Wildman–Crippen LogP) is 3.11. The van der Waals surface area contributed by atoms with Crippen LogP contribution < -0.4 is 5.32 Å². The van der Waals surface area contributed by atoms with Gasteiger partial charge in [-0.05, 0) is 37.0 Å². The zero-order chi connectivity index (χ0) is 11.9. The Morgan fingerprint density at radius 3 is 2.41 bits per heavy atom.